The van der Waals surface area contributed by atoms with Crippen LogP contribution in [0.1, 0.15) is 12.8 Å². The van der Waals surface area contributed by atoms with Crippen molar-refractivity contribution in [1.82, 2.24) is 4.90 Å². The fraction of sp³-hybridized carbons (Fsp3) is 0.375. The number of para-hydroxylation sites is 2. The summed E-state index contributed by atoms with van der Waals surface area (Å²) in [4.78, 5) is 26.1. The first kappa shape index (κ1) is 14.9. The van der Waals surface area contributed by atoms with Gasteiger partial charge in [-0.3, -0.25) is 14.5 Å². The zero-order chi connectivity index (χ0) is 15.7. The Labute approximate surface area is 133 Å². The molecular formula is C16H17ClN2O3. The van der Waals surface area contributed by atoms with Crippen molar-refractivity contribution in [1.29, 1.82) is 0 Å². The number of imide groups is 1. The Bertz CT molecular complexity index is 644. The van der Waals surface area contributed by atoms with Crippen molar-refractivity contribution in [3.63, 3.8) is 0 Å². The maximum Gasteiger partial charge on any atom is 0.234 e. The first-order valence-corrected chi connectivity index (χ1v) is 7.56. The number of methoxy groups -OCH3 is 1. The minimum atomic E-state index is -0.315. The molecule has 1 fully saturated rings. The predicted molar refractivity (Wildman–Crippen MR) is 83.5 cm³/mol. The minimum Gasteiger partial charge on any atom is -0.495 e. The van der Waals surface area contributed by atoms with Gasteiger partial charge >= 0.3 is 0 Å². The number of allylic oxidation sites excluding steroid dienone is 2. The Hall–Kier alpha value is -2.01. The highest BCUT2D eigenvalue weighted by atomic mass is 35.5. The number of fused-ring (bicyclic) bond motifs is 1. The summed E-state index contributed by atoms with van der Waals surface area (Å²) >= 11 is 6.00. The molecule has 0 radical (unpaired) electrons. The summed E-state index contributed by atoms with van der Waals surface area (Å²) in [5.74, 6) is -0.191. The van der Waals surface area contributed by atoms with Crippen molar-refractivity contribution in [2.24, 2.45) is 11.8 Å². The summed E-state index contributed by atoms with van der Waals surface area (Å²) in [7, 11) is 1.58. The van der Waals surface area contributed by atoms with Crippen LogP contribution in [0.15, 0.2) is 35.4 Å². The van der Waals surface area contributed by atoms with Gasteiger partial charge in [0.05, 0.1) is 31.3 Å². The number of anilines is 1. The second-order valence-electron chi connectivity index (χ2n) is 5.44. The smallest absolute Gasteiger partial charge is 0.234 e. The monoisotopic (exact) mass is 320 g/mol. The quantitative estimate of drug-likeness (QED) is 0.866. The summed E-state index contributed by atoms with van der Waals surface area (Å²) < 4.78 is 5.25. The second kappa shape index (κ2) is 6.01. The molecule has 2 atom stereocenters. The molecule has 1 saturated heterocycles. The predicted octanol–water partition coefficient (Wildman–Crippen LogP) is 2.58. The molecule has 22 heavy (non-hydrogen) atoms. The van der Waals surface area contributed by atoms with Crippen molar-refractivity contribution in [3.8, 4) is 5.75 Å². The third-order valence-electron chi connectivity index (χ3n) is 4.19. The molecule has 0 unspecified atom stereocenters. The third-order valence-corrected chi connectivity index (χ3v) is 4.50. The van der Waals surface area contributed by atoms with Crippen molar-refractivity contribution >= 4 is 29.1 Å². The Morgan fingerprint density at radius 3 is 2.77 bits per heavy atom. The summed E-state index contributed by atoms with van der Waals surface area (Å²) in [6.45, 7) is 0.142. The van der Waals surface area contributed by atoms with Crippen LogP contribution in [-0.4, -0.2) is 30.5 Å². The van der Waals surface area contributed by atoms with E-state index < -0.39 is 0 Å². The van der Waals surface area contributed by atoms with Crippen LogP contribution in [-0.2, 0) is 9.59 Å². The van der Waals surface area contributed by atoms with E-state index in [1.165, 1.54) is 4.90 Å². The Morgan fingerprint density at radius 1 is 1.27 bits per heavy atom. The molecule has 1 aromatic rings. The number of hydrogen-bond acceptors (Lipinski definition) is 4. The molecule has 3 rings (SSSR count). The van der Waals surface area contributed by atoms with E-state index in [2.05, 4.69) is 5.32 Å². The van der Waals surface area contributed by atoms with Crippen LogP contribution >= 0.6 is 11.6 Å². The number of carbonyl (C=O) groups is 2. The Kier molecular flexibility index (Phi) is 4.07. The van der Waals surface area contributed by atoms with Crippen molar-refractivity contribution in [3.05, 3.63) is 35.4 Å². The van der Waals surface area contributed by atoms with E-state index in [4.69, 9.17) is 16.3 Å². The standard InChI is InChI=1S/C16H17ClN2O3/c1-22-14-5-3-2-4-13(14)18-9-19-15(20)11-7-6-10(17)8-12(11)16(19)21/h2-6,11-12,18H,7-9H2,1H3/t11-,12+/m1/s1. The number of nitrogens with zero attached hydrogens (tertiary/aromatic N) is 1. The molecule has 1 N–H and O–H groups in total. The van der Waals surface area contributed by atoms with E-state index in [0.717, 1.165) is 5.69 Å². The van der Waals surface area contributed by atoms with E-state index in [9.17, 15) is 9.59 Å². The largest absolute Gasteiger partial charge is 0.495 e. The van der Waals surface area contributed by atoms with Gasteiger partial charge in [0, 0.05) is 5.03 Å². The topological polar surface area (TPSA) is 58.6 Å². The lowest BCUT2D eigenvalue weighted by Crippen LogP contribution is -2.35. The van der Waals surface area contributed by atoms with Crippen LogP contribution in [0, 0.1) is 11.8 Å². The molecule has 2 amide bonds. The molecule has 0 saturated carbocycles. The zero-order valence-corrected chi connectivity index (χ0v) is 13.0. The van der Waals surface area contributed by atoms with Crippen molar-refractivity contribution in [2.75, 3.05) is 19.1 Å². The number of rotatable bonds is 4. The third kappa shape index (κ3) is 2.57. The van der Waals surface area contributed by atoms with E-state index in [1.807, 2.05) is 30.3 Å². The van der Waals surface area contributed by atoms with E-state index >= 15 is 0 Å². The first-order chi connectivity index (χ1) is 10.6. The second-order valence-corrected chi connectivity index (χ2v) is 5.93. The van der Waals surface area contributed by atoms with Gasteiger partial charge in [0.25, 0.3) is 0 Å². The average Bonchev–Trinajstić information content (AvgIpc) is 2.76. The number of benzene rings is 1. The molecule has 0 spiro atoms. The fourth-order valence-corrected chi connectivity index (χ4v) is 3.26. The van der Waals surface area contributed by atoms with Crippen LogP contribution in [0.3, 0.4) is 0 Å². The lowest BCUT2D eigenvalue weighted by Gasteiger charge is -2.18. The molecular weight excluding hydrogens is 304 g/mol. The summed E-state index contributed by atoms with van der Waals surface area (Å²) in [5.41, 5.74) is 0.747. The fourth-order valence-electron chi connectivity index (χ4n) is 3.01. The maximum atomic E-state index is 12.4. The highest BCUT2D eigenvalue weighted by Gasteiger charge is 2.48. The molecule has 6 heteroatoms. The van der Waals surface area contributed by atoms with Crippen LogP contribution in [0.25, 0.3) is 0 Å². The summed E-state index contributed by atoms with van der Waals surface area (Å²) in [6.07, 6.45) is 2.84. The number of nitrogens with one attached hydrogen (secondary N) is 1. The van der Waals surface area contributed by atoms with Gasteiger partial charge in [0.1, 0.15) is 5.75 Å². The van der Waals surface area contributed by atoms with Gasteiger partial charge in [-0.05, 0) is 25.0 Å². The highest BCUT2D eigenvalue weighted by molar-refractivity contribution is 6.30. The Balaban J connectivity index is 1.71. The number of likely N-dealkylation sites (tertiary alicyclic amines) is 1. The summed E-state index contributed by atoms with van der Waals surface area (Å²) in [5, 5.41) is 3.77. The highest BCUT2D eigenvalue weighted by Crippen LogP contribution is 2.38. The van der Waals surface area contributed by atoms with E-state index in [0.29, 0.717) is 23.6 Å². The molecule has 2 aliphatic rings. The van der Waals surface area contributed by atoms with Gasteiger partial charge in [-0.2, -0.15) is 0 Å². The van der Waals surface area contributed by atoms with Crippen LogP contribution in [0.5, 0.6) is 5.75 Å². The number of ether oxygens (including phenoxy) is 1. The molecule has 1 aliphatic heterocycles. The first-order valence-electron chi connectivity index (χ1n) is 7.18. The van der Waals surface area contributed by atoms with Crippen molar-refractivity contribution < 1.29 is 14.3 Å². The van der Waals surface area contributed by atoms with Gasteiger partial charge in [0.2, 0.25) is 11.8 Å². The lowest BCUT2D eigenvalue weighted by molar-refractivity contribution is -0.139. The summed E-state index contributed by atoms with van der Waals surface area (Å²) in [6, 6.07) is 7.38. The number of amides is 2. The number of carbonyl (C=O) groups excluding carboxylic acids is 2. The molecule has 1 heterocycles. The van der Waals surface area contributed by atoms with Gasteiger partial charge in [0.15, 0.2) is 0 Å². The normalized spacial score (nSPS) is 24.1. The van der Waals surface area contributed by atoms with E-state index in [-0.39, 0.29) is 30.3 Å². The van der Waals surface area contributed by atoms with Crippen LogP contribution in [0.4, 0.5) is 5.69 Å². The average molecular weight is 321 g/mol. The molecule has 0 bridgehead atoms. The molecule has 1 aliphatic carbocycles. The molecule has 0 aromatic heterocycles. The molecule has 1 aromatic carbocycles. The van der Waals surface area contributed by atoms with Crippen LogP contribution in [0.2, 0.25) is 0 Å². The lowest BCUT2D eigenvalue weighted by atomic mass is 9.85. The van der Waals surface area contributed by atoms with Crippen LogP contribution < -0.4 is 10.1 Å². The SMILES string of the molecule is COc1ccccc1NCN1C(=O)[C@H]2CC(Cl)=CC[C@H]2C1=O. The van der Waals surface area contributed by atoms with Gasteiger partial charge < -0.3 is 10.1 Å². The van der Waals surface area contributed by atoms with Gasteiger partial charge in [-0.15, -0.1) is 0 Å². The van der Waals surface area contributed by atoms with Gasteiger partial charge in [-0.1, -0.05) is 29.8 Å². The minimum absolute atomic E-state index is 0.127. The van der Waals surface area contributed by atoms with E-state index in [1.54, 1.807) is 7.11 Å². The van der Waals surface area contributed by atoms with Crippen molar-refractivity contribution in [2.45, 2.75) is 12.8 Å². The number of hydrogen-bond donors (Lipinski definition) is 1. The number of halogens is 1. The maximum absolute atomic E-state index is 12.4. The Morgan fingerprint density at radius 2 is 2.00 bits per heavy atom. The van der Waals surface area contributed by atoms with Gasteiger partial charge in [-0.25, -0.2) is 0 Å². The zero-order valence-electron chi connectivity index (χ0n) is 12.2. The molecule has 5 nitrogen and oxygen atoms in total. The molecule has 116 valence electrons.